The van der Waals surface area contributed by atoms with E-state index in [2.05, 4.69) is 17.6 Å². The van der Waals surface area contributed by atoms with Crippen molar-refractivity contribution in [1.82, 2.24) is 5.32 Å². The molecule has 0 atom stereocenters. The minimum Gasteiger partial charge on any atom is -0.508 e. The Morgan fingerprint density at radius 1 is 1.33 bits per heavy atom. The van der Waals surface area contributed by atoms with Crippen LogP contribution in [0.3, 0.4) is 0 Å². The maximum atomic E-state index is 9.09. The molecule has 0 saturated heterocycles. The average Bonchev–Trinajstić information content (AvgIpc) is 2.22. The second-order valence-corrected chi connectivity index (χ2v) is 3.69. The van der Waals surface area contributed by atoms with Crippen LogP contribution in [0.1, 0.15) is 19.8 Å². The number of benzene rings is 1. The second-order valence-electron chi connectivity index (χ2n) is 3.28. The molecule has 82 valence electrons. The zero-order valence-corrected chi connectivity index (χ0v) is 9.60. The summed E-state index contributed by atoms with van der Waals surface area (Å²) in [5.41, 5.74) is 0.877. The fourth-order valence-corrected chi connectivity index (χ4v) is 1.32. The molecule has 1 aromatic carbocycles. The Balaban J connectivity index is 2.34. The largest absolute Gasteiger partial charge is 0.508 e. The molecule has 15 heavy (non-hydrogen) atoms. The smallest absolute Gasteiger partial charge is 0.170 e. The molecule has 0 radical (unpaired) electrons. The van der Waals surface area contributed by atoms with Gasteiger partial charge in [0, 0.05) is 12.2 Å². The van der Waals surface area contributed by atoms with E-state index in [1.807, 2.05) is 0 Å². The molecule has 0 unspecified atom stereocenters. The highest BCUT2D eigenvalue weighted by molar-refractivity contribution is 7.80. The summed E-state index contributed by atoms with van der Waals surface area (Å²) < 4.78 is 0. The summed E-state index contributed by atoms with van der Waals surface area (Å²) in [6.45, 7) is 3.03. The van der Waals surface area contributed by atoms with E-state index in [0.717, 1.165) is 25.1 Å². The first-order valence-electron chi connectivity index (χ1n) is 5.06. The second kappa shape index (κ2) is 6.24. The van der Waals surface area contributed by atoms with Crippen LogP contribution in [-0.4, -0.2) is 16.8 Å². The number of phenols is 1. The van der Waals surface area contributed by atoms with Crippen molar-refractivity contribution in [3.05, 3.63) is 24.3 Å². The molecule has 0 aliphatic heterocycles. The maximum absolute atomic E-state index is 9.09. The van der Waals surface area contributed by atoms with Gasteiger partial charge in [-0.25, -0.2) is 0 Å². The van der Waals surface area contributed by atoms with Crippen LogP contribution in [0.25, 0.3) is 0 Å². The summed E-state index contributed by atoms with van der Waals surface area (Å²) in [6.07, 6.45) is 2.26. The predicted molar refractivity (Wildman–Crippen MR) is 67.2 cm³/mol. The Kier molecular flexibility index (Phi) is 4.90. The van der Waals surface area contributed by atoms with Crippen LogP contribution in [0.15, 0.2) is 24.3 Å². The minimum atomic E-state index is 0.255. The average molecular weight is 224 g/mol. The van der Waals surface area contributed by atoms with Crippen LogP contribution < -0.4 is 10.6 Å². The van der Waals surface area contributed by atoms with Crippen LogP contribution >= 0.6 is 12.2 Å². The summed E-state index contributed by atoms with van der Waals surface area (Å²) in [4.78, 5) is 0. The number of phenolic OH excluding ortho intramolecular Hbond substituents is 1. The Hall–Kier alpha value is -1.29. The minimum absolute atomic E-state index is 0.255. The number of aromatic hydroxyl groups is 1. The Labute approximate surface area is 95.5 Å². The van der Waals surface area contributed by atoms with Gasteiger partial charge in [0.25, 0.3) is 0 Å². The lowest BCUT2D eigenvalue weighted by molar-refractivity contribution is 0.475. The summed E-state index contributed by atoms with van der Waals surface area (Å²) >= 11 is 5.10. The maximum Gasteiger partial charge on any atom is 0.170 e. The quantitative estimate of drug-likeness (QED) is 0.418. The molecule has 1 aromatic rings. The van der Waals surface area contributed by atoms with Crippen molar-refractivity contribution in [3.63, 3.8) is 0 Å². The van der Waals surface area contributed by atoms with E-state index in [9.17, 15) is 0 Å². The zero-order valence-electron chi connectivity index (χ0n) is 8.79. The lowest BCUT2D eigenvalue weighted by Crippen LogP contribution is -2.29. The lowest BCUT2D eigenvalue weighted by atomic mass is 10.3. The molecule has 0 fully saturated rings. The van der Waals surface area contributed by atoms with E-state index >= 15 is 0 Å². The number of hydrogen-bond donors (Lipinski definition) is 3. The van der Waals surface area contributed by atoms with Gasteiger partial charge in [-0.1, -0.05) is 13.3 Å². The third-order valence-corrected chi connectivity index (χ3v) is 2.19. The van der Waals surface area contributed by atoms with Gasteiger partial charge in [0.2, 0.25) is 0 Å². The molecule has 0 aliphatic rings. The van der Waals surface area contributed by atoms with Crippen molar-refractivity contribution in [3.8, 4) is 5.75 Å². The highest BCUT2D eigenvalue weighted by Crippen LogP contribution is 2.13. The number of rotatable bonds is 4. The van der Waals surface area contributed by atoms with E-state index in [-0.39, 0.29) is 5.75 Å². The first kappa shape index (κ1) is 11.8. The van der Waals surface area contributed by atoms with E-state index in [1.165, 1.54) is 0 Å². The normalized spacial score (nSPS) is 9.67. The van der Waals surface area contributed by atoms with Gasteiger partial charge in [-0.05, 0) is 42.9 Å². The van der Waals surface area contributed by atoms with E-state index < -0.39 is 0 Å². The van der Waals surface area contributed by atoms with Crippen LogP contribution in [0, 0.1) is 0 Å². The molecule has 0 aromatic heterocycles. The van der Waals surface area contributed by atoms with E-state index in [4.69, 9.17) is 17.3 Å². The van der Waals surface area contributed by atoms with Gasteiger partial charge in [-0.2, -0.15) is 0 Å². The van der Waals surface area contributed by atoms with Crippen molar-refractivity contribution in [1.29, 1.82) is 0 Å². The molecule has 0 spiro atoms. The number of nitrogens with one attached hydrogen (secondary N) is 2. The summed E-state index contributed by atoms with van der Waals surface area (Å²) in [5.74, 6) is 0.255. The Bertz CT molecular complexity index is 311. The number of thiocarbonyl (C=S) groups is 1. The topological polar surface area (TPSA) is 44.3 Å². The third kappa shape index (κ3) is 4.65. The lowest BCUT2D eigenvalue weighted by Gasteiger charge is -2.09. The molecule has 1 rings (SSSR count). The van der Waals surface area contributed by atoms with Crippen molar-refractivity contribution in [2.24, 2.45) is 0 Å². The molecule has 4 heteroatoms. The molecule has 0 bridgehead atoms. The van der Waals surface area contributed by atoms with Crippen molar-refractivity contribution in [2.45, 2.75) is 19.8 Å². The SMILES string of the molecule is CCCCNC(=S)Nc1ccc(O)cc1. The Morgan fingerprint density at radius 2 is 2.00 bits per heavy atom. The fourth-order valence-electron chi connectivity index (χ4n) is 1.10. The van der Waals surface area contributed by atoms with Crippen LogP contribution in [-0.2, 0) is 0 Å². The van der Waals surface area contributed by atoms with Crippen LogP contribution in [0.5, 0.6) is 5.75 Å². The highest BCUT2D eigenvalue weighted by atomic mass is 32.1. The van der Waals surface area contributed by atoms with Gasteiger partial charge in [0.05, 0.1) is 0 Å². The number of unbranched alkanes of at least 4 members (excludes halogenated alkanes) is 1. The van der Waals surface area contributed by atoms with Gasteiger partial charge in [0.15, 0.2) is 5.11 Å². The van der Waals surface area contributed by atoms with Gasteiger partial charge in [-0.15, -0.1) is 0 Å². The summed E-state index contributed by atoms with van der Waals surface area (Å²) in [7, 11) is 0. The molecular weight excluding hydrogens is 208 g/mol. The van der Waals surface area contributed by atoms with Gasteiger partial charge in [0.1, 0.15) is 5.75 Å². The standard InChI is InChI=1S/C11H16N2OS/c1-2-3-8-12-11(15)13-9-4-6-10(14)7-5-9/h4-7,14H,2-3,8H2,1H3,(H2,12,13,15). The van der Waals surface area contributed by atoms with Crippen molar-refractivity contribution in [2.75, 3.05) is 11.9 Å². The zero-order chi connectivity index (χ0) is 11.1. The number of anilines is 1. The molecule has 0 saturated carbocycles. The van der Waals surface area contributed by atoms with Crippen molar-refractivity contribution >= 4 is 23.0 Å². The van der Waals surface area contributed by atoms with Gasteiger partial charge in [-0.3, -0.25) is 0 Å². The van der Waals surface area contributed by atoms with Crippen molar-refractivity contribution < 1.29 is 5.11 Å². The summed E-state index contributed by atoms with van der Waals surface area (Å²) in [6, 6.07) is 6.81. The molecule has 0 aliphatic carbocycles. The molecular formula is C11H16N2OS. The van der Waals surface area contributed by atoms with E-state index in [0.29, 0.717) is 5.11 Å². The number of hydrogen-bond acceptors (Lipinski definition) is 2. The summed E-state index contributed by atoms with van der Waals surface area (Å²) in [5, 5.41) is 15.8. The third-order valence-electron chi connectivity index (χ3n) is 1.94. The first-order chi connectivity index (χ1) is 7.22. The van der Waals surface area contributed by atoms with Gasteiger partial charge < -0.3 is 15.7 Å². The molecule has 0 amide bonds. The van der Waals surface area contributed by atoms with E-state index in [1.54, 1.807) is 24.3 Å². The first-order valence-corrected chi connectivity index (χ1v) is 5.47. The highest BCUT2D eigenvalue weighted by Gasteiger charge is 1.96. The predicted octanol–water partition coefficient (Wildman–Crippen LogP) is 2.48. The van der Waals surface area contributed by atoms with Gasteiger partial charge >= 0.3 is 0 Å². The molecule has 3 N–H and O–H groups in total. The fraction of sp³-hybridized carbons (Fsp3) is 0.364. The monoisotopic (exact) mass is 224 g/mol. The Morgan fingerprint density at radius 3 is 2.60 bits per heavy atom. The molecule has 0 heterocycles. The van der Waals surface area contributed by atoms with Crippen LogP contribution in [0.4, 0.5) is 5.69 Å². The van der Waals surface area contributed by atoms with Crippen LogP contribution in [0.2, 0.25) is 0 Å². The molecule has 3 nitrogen and oxygen atoms in total.